The summed E-state index contributed by atoms with van der Waals surface area (Å²) in [7, 11) is 0. The van der Waals surface area contributed by atoms with E-state index in [9.17, 15) is 0 Å². The summed E-state index contributed by atoms with van der Waals surface area (Å²) in [5.41, 5.74) is 4.95. The maximum absolute atomic E-state index is 7.16. The summed E-state index contributed by atoms with van der Waals surface area (Å²) in [6, 6.07) is 40.7. The van der Waals surface area contributed by atoms with Gasteiger partial charge in [0.25, 0.3) is 0 Å². The molecule has 10 aromatic rings. The predicted octanol–water partition coefficient (Wildman–Crippen LogP) is 12.8. The van der Waals surface area contributed by atoms with E-state index < -0.39 is 0 Å². The molecule has 0 aromatic heterocycles. The second kappa shape index (κ2) is 8.61. The molecule has 0 aliphatic heterocycles. The van der Waals surface area contributed by atoms with Crippen LogP contribution in [0.25, 0.3) is 86.2 Å². The first kappa shape index (κ1) is 25.0. The highest BCUT2D eigenvalue weighted by Crippen LogP contribution is 2.49. The molecule has 0 fully saturated rings. The molecule has 212 valence electrons. The topological polar surface area (TPSA) is 9.23 Å². The van der Waals surface area contributed by atoms with Gasteiger partial charge in [-0.05, 0) is 139 Å². The maximum Gasteiger partial charge on any atom is 0.135 e. The van der Waals surface area contributed by atoms with Crippen molar-refractivity contribution in [2.24, 2.45) is 0 Å². The molecule has 0 bridgehead atoms. The van der Waals surface area contributed by atoms with Gasteiger partial charge < -0.3 is 4.74 Å². The molecule has 0 N–H and O–H groups in total. The summed E-state index contributed by atoms with van der Waals surface area (Å²) in [5, 5.41) is 20.7. The number of benzene rings is 10. The first-order valence-corrected chi connectivity index (χ1v) is 15.8. The van der Waals surface area contributed by atoms with Gasteiger partial charge in [0.05, 0.1) is 0 Å². The minimum absolute atomic E-state index is 0.916. The van der Waals surface area contributed by atoms with Crippen LogP contribution in [0, 0.1) is 27.7 Å². The van der Waals surface area contributed by atoms with Gasteiger partial charge in [0.15, 0.2) is 0 Å². The molecule has 45 heavy (non-hydrogen) atoms. The summed E-state index contributed by atoms with van der Waals surface area (Å²) in [5.74, 6) is 1.83. The minimum Gasteiger partial charge on any atom is -0.456 e. The van der Waals surface area contributed by atoms with E-state index in [0.29, 0.717) is 0 Å². The molecular formula is C44H30O. The lowest BCUT2D eigenvalue weighted by atomic mass is 9.86. The zero-order valence-electron chi connectivity index (χ0n) is 25.8. The van der Waals surface area contributed by atoms with Crippen LogP contribution in [0.5, 0.6) is 11.5 Å². The lowest BCUT2D eigenvalue weighted by Gasteiger charge is -2.21. The molecule has 0 atom stereocenters. The number of fused-ring (bicyclic) bond motifs is 4. The van der Waals surface area contributed by atoms with E-state index in [1.54, 1.807) is 0 Å². The van der Waals surface area contributed by atoms with Crippen molar-refractivity contribution in [1.29, 1.82) is 0 Å². The molecule has 0 aliphatic carbocycles. The van der Waals surface area contributed by atoms with Gasteiger partial charge >= 0.3 is 0 Å². The van der Waals surface area contributed by atoms with Crippen molar-refractivity contribution in [2.45, 2.75) is 27.7 Å². The first-order valence-electron chi connectivity index (χ1n) is 15.8. The molecule has 0 heterocycles. The van der Waals surface area contributed by atoms with Gasteiger partial charge in [-0.2, -0.15) is 0 Å². The molecule has 0 spiro atoms. The second-order valence-electron chi connectivity index (χ2n) is 13.1. The summed E-state index contributed by atoms with van der Waals surface area (Å²) in [6.45, 7) is 8.88. The Morgan fingerprint density at radius 3 is 1.13 bits per heavy atom. The molecule has 0 saturated carbocycles. The number of ether oxygens (including phenoxy) is 1. The lowest BCUT2D eigenvalue weighted by molar-refractivity contribution is 0.493. The van der Waals surface area contributed by atoms with Crippen molar-refractivity contribution in [3.63, 3.8) is 0 Å². The normalized spacial score (nSPS) is 12.4. The van der Waals surface area contributed by atoms with E-state index in [2.05, 4.69) is 137 Å². The van der Waals surface area contributed by atoms with Gasteiger partial charge in [-0.15, -0.1) is 0 Å². The van der Waals surface area contributed by atoms with Crippen molar-refractivity contribution < 1.29 is 4.74 Å². The van der Waals surface area contributed by atoms with Gasteiger partial charge in [0, 0.05) is 21.5 Å². The summed E-state index contributed by atoms with van der Waals surface area (Å²) in [6.07, 6.45) is 0. The van der Waals surface area contributed by atoms with Crippen LogP contribution in [0.1, 0.15) is 22.3 Å². The Labute approximate surface area is 260 Å². The van der Waals surface area contributed by atoms with Gasteiger partial charge in [-0.3, -0.25) is 0 Å². The highest BCUT2D eigenvalue weighted by Gasteiger charge is 2.21. The number of hydrogen-bond donors (Lipinski definition) is 0. The smallest absolute Gasteiger partial charge is 0.135 e. The van der Waals surface area contributed by atoms with Crippen LogP contribution in [0.2, 0.25) is 0 Å². The molecule has 0 aliphatic rings. The third kappa shape index (κ3) is 3.23. The van der Waals surface area contributed by atoms with E-state index >= 15 is 0 Å². The molecule has 1 nitrogen and oxygen atoms in total. The molecule has 10 aromatic carbocycles. The van der Waals surface area contributed by atoms with Crippen LogP contribution in [0.15, 0.2) is 109 Å². The van der Waals surface area contributed by atoms with Crippen molar-refractivity contribution in [3.05, 3.63) is 131 Å². The number of hydrogen-bond acceptors (Lipinski definition) is 1. The van der Waals surface area contributed by atoms with E-state index in [-0.39, 0.29) is 0 Å². The SMILES string of the molecule is Cc1cc2c(Oc3cc(C)c4c5cccc6cccc(c7cc(C)cc3c74)c65)cc(C)c3c4cccc5cccc(c(c1)c23)c54. The Bertz CT molecular complexity index is 2660. The van der Waals surface area contributed by atoms with Crippen molar-refractivity contribution in [3.8, 4) is 11.5 Å². The fraction of sp³-hybridized carbons (Fsp3) is 0.0909. The standard InChI is InChI=1S/C44H30O/c1-23-17-33-29-13-5-9-27-11-7-15-31(41(27)29)39-25(3)21-37(35(19-23)43(33)39)45-38-22-26(4)40-32-16-8-12-28-10-6-14-30(42(28)32)34-18-24(2)20-36(38)44(34)40/h5-22H,1-4H3. The fourth-order valence-electron chi connectivity index (χ4n) is 8.54. The highest BCUT2D eigenvalue weighted by molar-refractivity contribution is 6.35. The van der Waals surface area contributed by atoms with Crippen LogP contribution in [-0.4, -0.2) is 0 Å². The lowest BCUT2D eigenvalue weighted by Crippen LogP contribution is -1.96. The first-order chi connectivity index (χ1) is 22.0. The molecule has 0 amide bonds. The van der Waals surface area contributed by atoms with E-state index in [0.717, 1.165) is 11.5 Å². The van der Waals surface area contributed by atoms with Gasteiger partial charge in [-0.1, -0.05) is 84.9 Å². The highest BCUT2D eigenvalue weighted by atomic mass is 16.5. The third-order valence-corrected chi connectivity index (χ3v) is 10.2. The van der Waals surface area contributed by atoms with E-state index in [1.165, 1.54) is 108 Å². The van der Waals surface area contributed by atoms with Crippen molar-refractivity contribution >= 4 is 86.2 Å². The monoisotopic (exact) mass is 574 g/mol. The Kier molecular flexibility index (Phi) is 4.78. The molecule has 0 unspecified atom stereocenters. The fourth-order valence-corrected chi connectivity index (χ4v) is 8.54. The molecule has 1 heteroatoms. The maximum atomic E-state index is 7.16. The Morgan fingerprint density at radius 2 is 0.711 bits per heavy atom. The average Bonchev–Trinajstić information content (AvgIpc) is 3.04. The number of rotatable bonds is 2. The minimum atomic E-state index is 0.916. The zero-order chi connectivity index (χ0) is 30.1. The summed E-state index contributed by atoms with van der Waals surface area (Å²) >= 11 is 0. The Hall–Kier alpha value is -5.40. The van der Waals surface area contributed by atoms with Crippen LogP contribution in [0.3, 0.4) is 0 Å². The average molecular weight is 575 g/mol. The summed E-state index contributed by atoms with van der Waals surface area (Å²) in [4.78, 5) is 0. The van der Waals surface area contributed by atoms with Crippen LogP contribution < -0.4 is 4.74 Å². The van der Waals surface area contributed by atoms with Crippen LogP contribution >= 0.6 is 0 Å². The van der Waals surface area contributed by atoms with E-state index in [1.807, 2.05) is 0 Å². The molecule has 10 rings (SSSR count). The molecule has 0 radical (unpaired) electrons. The quantitative estimate of drug-likeness (QED) is 0.147. The van der Waals surface area contributed by atoms with E-state index in [4.69, 9.17) is 4.74 Å². The predicted molar refractivity (Wildman–Crippen MR) is 194 cm³/mol. The van der Waals surface area contributed by atoms with Crippen LogP contribution in [-0.2, 0) is 0 Å². The van der Waals surface area contributed by atoms with Gasteiger partial charge in [-0.25, -0.2) is 0 Å². The van der Waals surface area contributed by atoms with Gasteiger partial charge in [0.2, 0.25) is 0 Å². The third-order valence-electron chi connectivity index (χ3n) is 10.2. The van der Waals surface area contributed by atoms with Gasteiger partial charge in [0.1, 0.15) is 11.5 Å². The van der Waals surface area contributed by atoms with Crippen LogP contribution in [0.4, 0.5) is 0 Å². The van der Waals surface area contributed by atoms with Crippen molar-refractivity contribution in [1.82, 2.24) is 0 Å². The second-order valence-corrected chi connectivity index (χ2v) is 13.1. The summed E-state index contributed by atoms with van der Waals surface area (Å²) < 4.78 is 7.16. The number of aryl methyl sites for hydroxylation is 4. The van der Waals surface area contributed by atoms with Crippen molar-refractivity contribution in [2.75, 3.05) is 0 Å². The molecule has 0 saturated heterocycles. The largest absolute Gasteiger partial charge is 0.456 e. The Morgan fingerprint density at radius 1 is 0.333 bits per heavy atom. The molecular weight excluding hydrogens is 544 g/mol. The zero-order valence-corrected chi connectivity index (χ0v) is 25.8. The Balaban J connectivity index is 1.32.